The molecule has 1 saturated carbocycles. The summed E-state index contributed by atoms with van der Waals surface area (Å²) in [6.07, 6.45) is 9.22. The van der Waals surface area contributed by atoms with Gasteiger partial charge in [0.2, 0.25) is 0 Å². The summed E-state index contributed by atoms with van der Waals surface area (Å²) in [7, 11) is 1.72. The fourth-order valence-electron chi connectivity index (χ4n) is 3.57. The first kappa shape index (κ1) is 13.8. The predicted octanol–water partition coefficient (Wildman–Crippen LogP) is 2.50. The second-order valence-corrected chi connectivity index (χ2v) is 6.09. The van der Waals surface area contributed by atoms with Crippen LogP contribution < -0.4 is 0 Å². The van der Waals surface area contributed by atoms with E-state index in [9.17, 15) is 0 Å². The van der Waals surface area contributed by atoms with Crippen molar-refractivity contribution in [1.29, 1.82) is 0 Å². The summed E-state index contributed by atoms with van der Waals surface area (Å²) in [5.74, 6) is 0.879. The lowest BCUT2D eigenvalue weighted by atomic mass is 9.87. The lowest BCUT2D eigenvalue weighted by Crippen LogP contribution is -2.44. The Morgan fingerprint density at radius 1 is 1.11 bits per heavy atom. The van der Waals surface area contributed by atoms with Gasteiger partial charge in [-0.1, -0.05) is 32.1 Å². The van der Waals surface area contributed by atoms with Crippen LogP contribution in [0, 0.1) is 5.92 Å². The van der Waals surface area contributed by atoms with Gasteiger partial charge in [0, 0.05) is 20.1 Å². The van der Waals surface area contributed by atoms with E-state index in [2.05, 4.69) is 0 Å². The fourth-order valence-corrected chi connectivity index (χ4v) is 3.57. The van der Waals surface area contributed by atoms with Crippen LogP contribution in [0.4, 0.5) is 0 Å². The van der Waals surface area contributed by atoms with Crippen molar-refractivity contribution in [2.75, 3.05) is 20.3 Å². The van der Waals surface area contributed by atoms with Gasteiger partial charge in [-0.15, -0.1) is 0 Å². The van der Waals surface area contributed by atoms with Crippen LogP contribution in [0.2, 0.25) is 0 Å². The Balaban J connectivity index is 1.41. The molecular formula is C15H26O4. The molecule has 2 bridgehead atoms. The van der Waals surface area contributed by atoms with Crippen molar-refractivity contribution in [2.45, 2.75) is 69.5 Å². The molecule has 2 heterocycles. The summed E-state index contributed by atoms with van der Waals surface area (Å²) in [6, 6.07) is 0. The van der Waals surface area contributed by atoms with Crippen LogP contribution >= 0.6 is 0 Å². The van der Waals surface area contributed by atoms with E-state index in [1.54, 1.807) is 7.11 Å². The molecule has 0 aromatic rings. The highest BCUT2D eigenvalue weighted by atomic mass is 16.7. The Kier molecular flexibility index (Phi) is 4.74. The summed E-state index contributed by atoms with van der Waals surface area (Å²) in [5.41, 5.74) is 0. The summed E-state index contributed by atoms with van der Waals surface area (Å²) < 4.78 is 22.8. The highest BCUT2D eigenvalue weighted by molar-refractivity contribution is 4.87. The smallest absolute Gasteiger partial charge is 0.184 e. The molecule has 0 aromatic heterocycles. The van der Waals surface area contributed by atoms with E-state index in [0.29, 0.717) is 6.61 Å². The summed E-state index contributed by atoms with van der Waals surface area (Å²) in [6.45, 7) is 1.51. The Hall–Kier alpha value is -0.160. The van der Waals surface area contributed by atoms with Crippen molar-refractivity contribution in [3.63, 3.8) is 0 Å². The quantitative estimate of drug-likeness (QED) is 0.769. The lowest BCUT2D eigenvalue weighted by molar-refractivity contribution is -0.199. The van der Waals surface area contributed by atoms with Gasteiger partial charge in [-0.3, -0.25) is 0 Å². The van der Waals surface area contributed by atoms with Crippen molar-refractivity contribution >= 4 is 0 Å². The molecule has 4 nitrogen and oxygen atoms in total. The zero-order valence-electron chi connectivity index (χ0n) is 11.9. The molecule has 0 spiro atoms. The van der Waals surface area contributed by atoms with Crippen LogP contribution in [-0.4, -0.2) is 44.9 Å². The molecule has 0 amide bonds. The van der Waals surface area contributed by atoms with E-state index < -0.39 is 0 Å². The van der Waals surface area contributed by atoms with E-state index >= 15 is 0 Å². The number of hydrogen-bond acceptors (Lipinski definition) is 4. The van der Waals surface area contributed by atoms with Gasteiger partial charge in [0.25, 0.3) is 0 Å². The number of rotatable bonds is 5. The second kappa shape index (κ2) is 6.53. The average molecular weight is 270 g/mol. The Morgan fingerprint density at radius 2 is 1.95 bits per heavy atom. The molecular weight excluding hydrogens is 244 g/mol. The minimum atomic E-state index is -0.173. The van der Waals surface area contributed by atoms with Crippen LogP contribution in [0.1, 0.15) is 44.9 Å². The van der Waals surface area contributed by atoms with Crippen molar-refractivity contribution in [2.24, 2.45) is 5.92 Å². The topological polar surface area (TPSA) is 36.9 Å². The monoisotopic (exact) mass is 270 g/mol. The molecule has 0 radical (unpaired) electrons. The molecule has 3 rings (SSSR count). The van der Waals surface area contributed by atoms with Crippen LogP contribution in [0.25, 0.3) is 0 Å². The fraction of sp³-hybridized carbons (Fsp3) is 1.00. The first-order valence-electron chi connectivity index (χ1n) is 7.78. The lowest BCUT2D eigenvalue weighted by Gasteiger charge is -2.33. The standard InChI is InChI=1S/C15H26O4/c1-16-13-9-12(14-10-18-15(13)19-14)17-8-7-11-5-3-2-4-6-11/h11-15H,2-10H2,1H3/t12-,13+,14+,15?/m0/s1. The molecule has 110 valence electrons. The van der Waals surface area contributed by atoms with Crippen molar-refractivity contribution in [3.8, 4) is 0 Å². The number of ether oxygens (including phenoxy) is 4. The maximum atomic E-state index is 6.06. The average Bonchev–Trinajstić information content (AvgIpc) is 2.87. The van der Waals surface area contributed by atoms with Crippen LogP contribution in [0.5, 0.6) is 0 Å². The van der Waals surface area contributed by atoms with Gasteiger partial charge in [-0.25, -0.2) is 0 Å². The van der Waals surface area contributed by atoms with Crippen molar-refractivity contribution in [1.82, 2.24) is 0 Å². The second-order valence-electron chi connectivity index (χ2n) is 6.09. The summed E-state index contributed by atoms with van der Waals surface area (Å²) in [5, 5.41) is 0. The molecule has 3 aliphatic rings. The van der Waals surface area contributed by atoms with Crippen molar-refractivity contribution in [3.05, 3.63) is 0 Å². The first-order chi connectivity index (χ1) is 9.36. The van der Waals surface area contributed by atoms with Crippen LogP contribution in [-0.2, 0) is 18.9 Å². The molecule has 19 heavy (non-hydrogen) atoms. The predicted molar refractivity (Wildman–Crippen MR) is 71.0 cm³/mol. The van der Waals surface area contributed by atoms with E-state index in [1.165, 1.54) is 38.5 Å². The molecule has 0 aromatic carbocycles. The Morgan fingerprint density at radius 3 is 2.74 bits per heavy atom. The molecule has 1 unspecified atom stereocenters. The third-order valence-electron chi connectivity index (χ3n) is 4.80. The maximum Gasteiger partial charge on any atom is 0.184 e. The third-order valence-corrected chi connectivity index (χ3v) is 4.80. The molecule has 4 heteroatoms. The van der Waals surface area contributed by atoms with Crippen LogP contribution in [0.15, 0.2) is 0 Å². The molecule has 4 atom stereocenters. The van der Waals surface area contributed by atoms with Gasteiger partial charge in [0.05, 0.1) is 12.7 Å². The van der Waals surface area contributed by atoms with Gasteiger partial charge in [0.15, 0.2) is 6.29 Å². The maximum absolute atomic E-state index is 6.06. The molecule has 2 aliphatic heterocycles. The van der Waals surface area contributed by atoms with E-state index in [0.717, 1.165) is 18.9 Å². The SMILES string of the molecule is CO[C@@H]1C[C@H](OCCC2CCCCC2)[C@H]2COC1O2. The molecule has 3 fully saturated rings. The molecule has 0 N–H and O–H groups in total. The zero-order valence-corrected chi connectivity index (χ0v) is 11.9. The largest absolute Gasteiger partial charge is 0.376 e. The Bertz CT molecular complexity index is 277. The number of fused-ring (bicyclic) bond motifs is 2. The number of methoxy groups -OCH3 is 1. The third kappa shape index (κ3) is 3.30. The van der Waals surface area contributed by atoms with E-state index in [1.807, 2.05) is 0 Å². The molecule has 2 saturated heterocycles. The van der Waals surface area contributed by atoms with Crippen LogP contribution in [0.3, 0.4) is 0 Å². The van der Waals surface area contributed by atoms with Gasteiger partial charge >= 0.3 is 0 Å². The summed E-state index contributed by atoms with van der Waals surface area (Å²) >= 11 is 0. The van der Waals surface area contributed by atoms with Gasteiger partial charge < -0.3 is 18.9 Å². The van der Waals surface area contributed by atoms with Gasteiger partial charge in [0.1, 0.15) is 12.2 Å². The minimum Gasteiger partial charge on any atom is -0.376 e. The highest BCUT2D eigenvalue weighted by Crippen LogP contribution is 2.32. The molecule has 1 aliphatic carbocycles. The highest BCUT2D eigenvalue weighted by Gasteiger charge is 2.44. The first-order valence-corrected chi connectivity index (χ1v) is 7.78. The van der Waals surface area contributed by atoms with E-state index in [4.69, 9.17) is 18.9 Å². The minimum absolute atomic E-state index is 0.0263. The summed E-state index contributed by atoms with van der Waals surface area (Å²) in [4.78, 5) is 0. The normalized spacial score (nSPS) is 39.6. The zero-order chi connectivity index (χ0) is 13.1. The Labute approximate surface area is 115 Å². The number of hydrogen-bond donors (Lipinski definition) is 0. The van der Waals surface area contributed by atoms with Gasteiger partial charge in [-0.2, -0.15) is 0 Å². The van der Waals surface area contributed by atoms with Gasteiger partial charge in [-0.05, 0) is 12.3 Å². The van der Waals surface area contributed by atoms with E-state index in [-0.39, 0.29) is 24.6 Å². The van der Waals surface area contributed by atoms with Crippen molar-refractivity contribution < 1.29 is 18.9 Å².